The van der Waals surface area contributed by atoms with E-state index >= 15 is 0 Å². The number of ketones is 1. The molecule has 1 heterocycles. The fourth-order valence-electron chi connectivity index (χ4n) is 3.78. The number of hydrogen-bond acceptors (Lipinski definition) is 3. The fraction of sp³-hybridized carbons (Fsp3) is 0.417. The lowest BCUT2D eigenvalue weighted by Gasteiger charge is -2.37. The Morgan fingerprint density at radius 3 is 2.34 bits per heavy atom. The van der Waals surface area contributed by atoms with Crippen LogP contribution in [0.3, 0.4) is 0 Å². The van der Waals surface area contributed by atoms with E-state index in [1.807, 2.05) is 18.2 Å². The number of carbonyl (C=O) groups excluding carboxylic acids is 2. The molecule has 0 spiro atoms. The Kier molecular flexibility index (Phi) is 7.53. The van der Waals surface area contributed by atoms with Gasteiger partial charge in [-0.1, -0.05) is 37.3 Å². The molecule has 0 aliphatic carbocycles. The zero-order chi connectivity index (χ0) is 20.6. The number of benzene rings is 2. The predicted molar refractivity (Wildman–Crippen MR) is 112 cm³/mol. The second kappa shape index (κ2) is 10.3. The van der Waals surface area contributed by atoms with Crippen LogP contribution in [-0.4, -0.2) is 36.2 Å². The first-order chi connectivity index (χ1) is 14.0. The maximum absolute atomic E-state index is 13.0. The smallest absolute Gasteiger partial charge is 0.220 e. The maximum Gasteiger partial charge on any atom is 0.220 e. The quantitative estimate of drug-likeness (QED) is 0.674. The molecule has 1 fully saturated rings. The highest BCUT2D eigenvalue weighted by molar-refractivity contribution is 5.97. The summed E-state index contributed by atoms with van der Waals surface area (Å²) in [6.07, 6.45) is 2.59. The van der Waals surface area contributed by atoms with Crippen LogP contribution in [0.1, 0.15) is 54.6 Å². The van der Waals surface area contributed by atoms with Gasteiger partial charge >= 0.3 is 0 Å². The normalized spacial score (nSPS) is 16.3. The number of amides is 1. The summed E-state index contributed by atoms with van der Waals surface area (Å²) < 4.78 is 13.0. The number of nitrogens with one attached hydrogen (secondary N) is 1. The summed E-state index contributed by atoms with van der Waals surface area (Å²) in [4.78, 5) is 27.0. The molecule has 0 radical (unpaired) electrons. The highest BCUT2D eigenvalue weighted by Gasteiger charge is 2.25. The zero-order valence-corrected chi connectivity index (χ0v) is 16.9. The molecular weight excluding hydrogens is 367 g/mol. The van der Waals surface area contributed by atoms with Crippen LogP contribution < -0.4 is 5.32 Å². The average Bonchev–Trinajstić information content (AvgIpc) is 2.74. The van der Waals surface area contributed by atoms with E-state index in [1.54, 1.807) is 0 Å². The minimum atomic E-state index is -0.377. The lowest BCUT2D eigenvalue weighted by molar-refractivity contribution is -0.121. The number of likely N-dealkylation sites (tertiary alicyclic amines) is 1. The van der Waals surface area contributed by atoms with Crippen molar-refractivity contribution >= 4 is 11.7 Å². The molecule has 1 aliphatic rings. The van der Waals surface area contributed by atoms with Gasteiger partial charge in [-0.25, -0.2) is 4.39 Å². The van der Waals surface area contributed by atoms with Gasteiger partial charge in [0.1, 0.15) is 5.82 Å². The maximum atomic E-state index is 13.0. The lowest BCUT2D eigenvalue weighted by atomic mass is 9.95. The molecule has 0 saturated carbocycles. The monoisotopic (exact) mass is 396 g/mol. The number of Topliss-reactive ketones (excluding diaryl/α,β-unsaturated/α-hetero) is 1. The van der Waals surface area contributed by atoms with Crippen molar-refractivity contribution in [2.45, 2.75) is 38.6 Å². The van der Waals surface area contributed by atoms with Gasteiger partial charge in [0.25, 0.3) is 0 Å². The van der Waals surface area contributed by atoms with Crippen molar-refractivity contribution in [1.29, 1.82) is 0 Å². The second-order valence-electron chi connectivity index (χ2n) is 7.88. The molecule has 1 saturated heterocycles. The molecule has 29 heavy (non-hydrogen) atoms. The molecule has 1 aliphatic heterocycles. The molecule has 0 bridgehead atoms. The summed E-state index contributed by atoms with van der Waals surface area (Å²) in [6.45, 7) is 4.87. The van der Waals surface area contributed by atoms with Crippen LogP contribution in [0, 0.1) is 11.7 Å². The summed E-state index contributed by atoms with van der Waals surface area (Å²) in [6, 6.07) is 15.8. The third-order valence-electron chi connectivity index (χ3n) is 5.68. The van der Waals surface area contributed by atoms with Gasteiger partial charge in [0.2, 0.25) is 5.91 Å². The standard InChI is InChI=1S/C24H29FN2O2/c1-18-13-15-27(16-14-18)22(19-5-3-2-4-6-19)17-26-24(29)12-11-23(28)20-7-9-21(25)10-8-20/h2-10,18,22H,11-17H2,1H3,(H,26,29). The summed E-state index contributed by atoms with van der Waals surface area (Å²) in [5, 5.41) is 3.01. The zero-order valence-electron chi connectivity index (χ0n) is 16.9. The Labute approximate surface area is 172 Å². The number of carbonyl (C=O) groups is 2. The van der Waals surface area contributed by atoms with Crippen LogP contribution in [0.2, 0.25) is 0 Å². The number of rotatable bonds is 8. The molecule has 0 aromatic heterocycles. The fourth-order valence-corrected chi connectivity index (χ4v) is 3.78. The van der Waals surface area contributed by atoms with E-state index < -0.39 is 0 Å². The van der Waals surface area contributed by atoms with Crippen molar-refractivity contribution in [3.05, 3.63) is 71.5 Å². The largest absolute Gasteiger partial charge is 0.354 e. The highest BCUT2D eigenvalue weighted by Crippen LogP contribution is 2.26. The van der Waals surface area contributed by atoms with Gasteiger partial charge in [-0.05, 0) is 61.7 Å². The Hall–Kier alpha value is -2.53. The molecule has 2 aromatic rings. The summed E-state index contributed by atoms with van der Waals surface area (Å²) in [7, 11) is 0. The van der Waals surface area contributed by atoms with Crippen LogP contribution in [0.15, 0.2) is 54.6 Å². The minimum Gasteiger partial charge on any atom is -0.354 e. The van der Waals surface area contributed by atoms with E-state index in [-0.39, 0.29) is 36.4 Å². The molecular formula is C24H29FN2O2. The van der Waals surface area contributed by atoms with Crippen molar-refractivity contribution in [2.75, 3.05) is 19.6 Å². The van der Waals surface area contributed by atoms with E-state index in [4.69, 9.17) is 0 Å². The third-order valence-corrected chi connectivity index (χ3v) is 5.68. The molecule has 5 heteroatoms. The number of halogens is 1. The van der Waals surface area contributed by atoms with Crippen molar-refractivity contribution in [1.82, 2.24) is 10.2 Å². The van der Waals surface area contributed by atoms with E-state index in [1.165, 1.54) is 42.7 Å². The topological polar surface area (TPSA) is 49.4 Å². The highest BCUT2D eigenvalue weighted by atomic mass is 19.1. The Balaban J connectivity index is 1.53. The Bertz CT molecular complexity index is 799. The van der Waals surface area contributed by atoms with Crippen molar-refractivity contribution in [2.24, 2.45) is 5.92 Å². The molecule has 154 valence electrons. The van der Waals surface area contributed by atoms with Gasteiger partial charge in [-0.15, -0.1) is 0 Å². The van der Waals surface area contributed by atoms with Gasteiger partial charge < -0.3 is 5.32 Å². The molecule has 1 N–H and O–H groups in total. The first kappa shape index (κ1) is 21.2. The SMILES string of the molecule is CC1CCN(C(CNC(=O)CCC(=O)c2ccc(F)cc2)c2ccccc2)CC1. The second-order valence-corrected chi connectivity index (χ2v) is 7.88. The molecule has 1 atom stereocenters. The van der Waals surface area contributed by atoms with E-state index in [9.17, 15) is 14.0 Å². The number of piperidine rings is 1. The van der Waals surface area contributed by atoms with Gasteiger partial charge in [0.15, 0.2) is 5.78 Å². The van der Waals surface area contributed by atoms with Gasteiger partial charge in [0.05, 0.1) is 6.04 Å². The van der Waals surface area contributed by atoms with Crippen LogP contribution in [0.5, 0.6) is 0 Å². The van der Waals surface area contributed by atoms with Crippen LogP contribution in [-0.2, 0) is 4.79 Å². The van der Waals surface area contributed by atoms with Gasteiger partial charge in [0, 0.05) is 24.9 Å². The summed E-state index contributed by atoms with van der Waals surface area (Å²) >= 11 is 0. The van der Waals surface area contributed by atoms with Crippen LogP contribution >= 0.6 is 0 Å². The van der Waals surface area contributed by atoms with E-state index in [0.717, 1.165) is 19.0 Å². The summed E-state index contributed by atoms with van der Waals surface area (Å²) in [5.74, 6) is 0.0876. The van der Waals surface area contributed by atoms with Crippen LogP contribution in [0.4, 0.5) is 4.39 Å². The number of hydrogen-bond donors (Lipinski definition) is 1. The number of nitrogens with zero attached hydrogens (tertiary/aromatic N) is 1. The van der Waals surface area contributed by atoms with Gasteiger partial charge in [-0.3, -0.25) is 14.5 Å². The third kappa shape index (κ3) is 6.23. The molecule has 4 nitrogen and oxygen atoms in total. The van der Waals surface area contributed by atoms with Crippen LogP contribution in [0.25, 0.3) is 0 Å². The molecule has 3 rings (SSSR count). The Morgan fingerprint density at radius 1 is 1.03 bits per heavy atom. The van der Waals surface area contributed by atoms with Crippen molar-refractivity contribution in [3.63, 3.8) is 0 Å². The predicted octanol–water partition coefficient (Wildman–Crippen LogP) is 4.38. The van der Waals surface area contributed by atoms with Crippen molar-refractivity contribution in [3.8, 4) is 0 Å². The van der Waals surface area contributed by atoms with E-state index in [0.29, 0.717) is 12.1 Å². The van der Waals surface area contributed by atoms with Crippen molar-refractivity contribution < 1.29 is 14.0 Å². The van der Waals surface area contributed by atoms with Gasteiger partial charge in [-0.2, -0.15) is 0 Å². The molecule has 1 unspecified atom stereocenters. The summed E-state index contributed by atoms with van der Waals surface area (Å²) in [5.41, 5.74) is 1.63. The first-order valence-electron chi connectivity index (χ1n) is 10.4. The first-order valence-corrected chi connectivity index (χ1v) is 10.4. The lowest BCUT2D eigenvalue weighted by Crippen LogP contribution is -2.42. The van der Waals surface area contributed by atoms with E-state index in [2.05, 4.69) is 29.3 Å². The minimum absolute atomic E-state index is 0.120. The molecule has 1 amide bonds. The average molecular weight is 397 g/mol. The Morgan fingerprint density at radius 2 is 1.69 bits per heavy atom. The molecule has 2 aromatic carbocycles.